The molecule has 3 fully saturated rings. The van der Waals surface area contributed by atoms with E-state index in [0.717, 1.165) is 45.3 Å². The van der Waals surface area contributed by atoms with Crippen LogP contribution in [-0.2, 0) is 9.47 Å². The van der Waals surface area contributed by atoms with Crippen molar-refractivity contribution in [2.45, 2.75) is 95.5 Å². The van der Waals surface area contributed by atoms with Gasteiger partial charge in [0.15, 0.2) is 0 Å². The van der Waals surface area contributed by atoms with E-state index in [1.807, 2.05) is 25.7 Å². The van der Waals surface area contributed by atoms with Crippen molar-refractivity contribution >= 4 is 6.09 Å². The van der Waals surface area contributed by atoms with Crippen molar-refractivity contribution in [1.29, 1.82) is 0 Å². The van der Waals surface area contributed by atoms with E-state index >= 15 is 0 Å². The molecule has 3 aliphatic heterocycles. The van der Waals surface area contributed by atoms with Crippen LogP contribution < -0.4 is 5.32 Å². The SMILES string of the molecule is CC(C)(C)OC(=O)N1C2CCC1CC(NCC1(C)CCCO1)C2. The zero-order chi connectivity index (χ0) is 16.7. The fraction of sp³-hybridized carbons (Fsp3) is 0.944. The number of amides is 1. The van der Waals surface area contributed by atoms with E-state index in [-0.39, 0.29) is 11.7 Å². The Morgan fingerprint density at radius 3 is 2.48 bits per heavy atom. The van der Waals surface area contributed by atoms with Gasteiger partial charge in [-0.05, 0) is 66.2 Å². The maximum Gasteiger partial charge on any atom is 0.410 e. The van der Waals surface area contributed by atoms with Crippen LogP contribution in [0.25, 0.3) is 0 Å². The molecule has 3 unspecified atom stereocenters. The van der Waals surface area contributed by atoms with E-state index in [2.05, 4.69) is 12.2 Å². The number of rotatable bonds is 3. The Morgan fingerprint density at radius 2 is 1.96 bits per heavy atom. The number of fused-ring (bicyclic) bond motifs is 2. The van der Waals surface area contributed by atoms with Crippen LogP contribution in [0.2, 0.25) is 0 Å². The number of carbonyl (C=O) groups is 1. The second-order valence-corrected chi connectivity index (χ2v) is 8.72. The molecule has 23 heavy (non-hydrogen) atoms. The highest BCUT2D eigenvalue weighted by Gasteiger charge is 2.45. The predicted octanol–water partition coefficient (Wildman–Crippen LogP) is 3.08. The standard InChI is InChI=1S/C18H32N2O3/c1-17(2,3)23-16(21)20-14-6-7-15(20)11-13(10-14)19-12-18(4)8-5-9-22-18/h13-15,19H,5-12H2,1-4H3. The van der Waals surface area contributed by atoms with Gasteiger partial charge in [0.1, 0.15) is 5.60 Å². The molecule has 0 aromatic heterocycles. The zero-order valence-electron chi connectivity index (χ0n) is 15.1. The van der Waals surface area contributed by atoms with Crippen molar-refractivity contribution in [2.75, 3.05) is 13.2 Å². The van der Waals surface area contributed by atoms with Crippen molar-refractivity contribution in [3.05, 3.63) is 0 Å². The van der Waals surface area contributed by atoms with E-state index in [1.54, 1.807) is 0 Å². The Labute approximate surface area is 140 Å². The summed E-state index contributed by atoms with van der Waals surface area (Å²) in [6.45, 7) is 9.82. The number of hydrogen-bond donors (Lipinski definition) is 1. The highest BCUT2D eigenvalue weighted by molar-refractivity contribution is 5.69. The zero-order valence-corrected chi connectivity index (χ0v) is 15.1. The number of hydrogen-bond acceptors (Lipinski definition) is 4. The van der Waals surface area contributed by atoms with Gasteiger partial charge in [-0.25, -0.2) is 4.79 Å². The van der Waals surface area contributed by atoms with Gasteiger partial charge >= 0.3 is 6.09 Å². The summed E-state index contributed by atoms with van der Waals surface area (Å²) in [5.41, 5.74) is -0.415. The molecule has 1 N–H and O–H groups in total. The molecule has 2 bridgehead atoms. The Morgan fingerprint density at radius 1 is 1.30 bits per heavy atom. The van der Waals surface area contributed by atoms with Crippen molar-refractivity contribution in [1.82, 2.24) is 10.2 Å². The number of piperidine rings is 1. The summed E-state index contributed by atoms with van der Waals surface area (Å²) >= 11 is 0. The van der Waals surface area contributed by atoms with Gasteiger partial charge in [0.25, 0.3) is 0 Å². The van der Waals surface area contributed by atoms with Crippen LogP contribution in [0.15, 0.2) is 0 Å². The third-order valence-electron chi connectivity index (χ3n) is 5.40. The summed E-state index contributed by atoms with van der Waals surface area (Å²) in [6, 6.07) is 1.16. The summed E-state index contributed by atoms with van der Waals surface area (Å²) in [5.74, 6) is 0. The molecule has 0 aromatic carbocycles. The quantitative estimate of drug-likeness (QED) is 0.867. The monoisotopic (exact) mass is 324 g/mol. The average Bonchev–Trinajstić information content (AvgIpc) is 2.98. The lowest BCUT2D eigenvalue weighted by Crippen LogP contribution is -2.54. The first-order chi connectivity index (χ1) is 10.8. The Kier molecular flexibility index (Phi) is 4.62. The van der Waals surface area contributed by atoms with Gasteiger partial charge in [-0.3, -0.25) is 0 Å². The first-order valence-electron chi connectivity index (χ1n) is 9.14. The molecular formula is C18H32N2O3. The molecule has 132 valence electrons. The van der Waals surface area contributed by atoms with Crippen LogP contribution in [0.4, 0.5) is 4.79 Å². The van der Waals surface area contributed by atoms with Gasteiger partial charge in [-0.15, -0.1) is 0 Å². The molecule has 5 nitrogen and oxygen atoms in total. The van der Waals surface area contributed by atoms with Gasteiger partial charge in [-0.1, -0.05) is 0 Å². The van der Waals surface area contributed by atoms with Crippen LogP contribution >= 0.6 is 0 Å². The Hall–Kier alpha value is -0.810. The lowest BCUT2D eigenvalue weighted by Gasteiger charge is -2.40. The van der Waals surface area contributed by atoms with E-state index in [1.165, 1.54) is 6.42 Å². The fourth-order valence-corrected chi connectivity index (χ4v) is 4.29. The Bertz CT molecular complexity index is 426. The van der Waals surface area contributed by atoms with Crippen molar-refractivity contribution in [3.63, 3.8) is 0 Å². The van der Waals surface area contributed by atoms with E-state index in [9.17, 15) is 4.79 Å². The second kappa shape index (κ2) is 6.25. The van der Waals surface area contributed by atoms with Crippen LogP contribution in [0.5, 0.6) is 0 Å². The number of ether oxygens (including phenoxy) is 2. The molecule has 0 saturated carbocycles. The highest BCUT2D eigenvalue weighted by Crippen LogP contribution is 2.37. The van der Waals surface area contributed by atoms with Crippen LogP contribution in [0.1, 0.15) is 66.2 Å². The minimum Gasteiger partial charge on any atom is -0.444 e. The van der Waals surface area contributed by atoms with Gasteiger partial charge in [-0.2, -0.15) is 0 Å². The van der Waals surface area contributed by atoms with Crippen LogP contribution in [0, 0.1) is 0 Å². The highest BCUT2D eigenvalue weighted by atomic mass is 16.6. The maximum atomic E-state index is 12.5. The van der Waals surface area contributed by atoms with Crippen LogP contribution in [0.3, 0.4) is 0 Å². The van der Waals surface area contributed by atoms with Crippen molar-refractivity contribution in [2.24, 2.45) is 0 Å². The number of nitrogens with zero attached hydrogens (tertiary/aromatic N) is 1. The molecule has 3 rings (SSSR count). The molecule has 0 aliphatic carbocycles. The largest absolute Gasteiger partial charge is 0.444 e. The molecule has 0 spiro atoms. The summed E-state index contributed by atoms with van der Waals surface area (Å²) in [6.07, 6.45) is 6.46. The lowest BCUT2D eigenvalue weighted by molar-refractivity contribution is -0.00135. The minimum atomic E-state index is -0.417. The normalized spacial score (nSPS) is 37.2. The molecule has 3 aliphatic rings. The van der Waals surface area contributed by atoms with E-state index in [4.69, 9.17) is 9.47 Å². The first-order valence-corrected chi connectivity index (χ1v) is 9.14. The van der Waals surface area contributed by atoms with Gasteiger partial charge in [0.05, 0.1) is 5.60 Å². The fourth-order valence-electron chi connectivity index (χ4n) is 4.29. The molecule has 3 atom stereocenters. The smallest absolute Gasteiger partial charge is 0.410 e. The summed E-state index contributed by atoms with van der Waals surface area (Å²) < 4.78 is 11.5. The summed E-state index contributed by atoms with van der Waals surface area (Å²) in [7, 11) is 0. The lowest BCUT2D eigenvalue weighted by atomic mass is 9.96. The van der Waals surface area contributed by atoms with Gasteiger partial charge in [0.2, 0.25) is 0 Å². The van der Waals surface area contributed by atoms with Crippen LogP contribution in [-0.4, -0.2) is 53.5 Å². The summed E-state index contributed by atoms with van der Waals surface area (Å²) in [5, 5.41) is 3.71. The molecule has 0 aromatic rings. The number of nitrogens with one attached hydrogen (secondary N) is 1. The predicted molar refractivity (Wildman–Crippen MR) is 89.5 cm³/mol. The molecule has 3 saturated heterocycles. The van der Waals surface area contributed by atoms with Crippen molar-refractivity contribution in [3.8, 4) is 0 Å². The second-order valence-electron chi connectivity index (χ2n) is 8.72. The molecular weight excluding hydrogens is 292 g/mol. The topological polar surface area (TPSA) is 50.8 Å². The minimum absolute atomic E-state index is 0.00134. The van der Waals surface area contributed by atoms with Gasteiger partial charge in [0, 0.05) is 31.3 Å². The Balaban J connectivity index is 1.53. The number of carbonyl (C=O) groups excluding carboxylic acids is 1. The maximum absolute atomic E-state index is 12.5. The third-order valence-corrected chi connectivity index (χ3v) is 5.40. The molecule has 1 amide bonds. The molecule has 5 heteroatoms. The van der Waals surface area contributed by atoms with E-state index in [0.29, 0.717) is 18.1 Å². The summed E-state index contributed by atoms with van der Waals surface area (Å²) in [4.78, 5) is 14.5. The molecule has 3 heterocycles. The van der Waals surface area contributed by atoms with E-state index < -0.39 is 5.60 Å². The van der Waals surface area contributed by atoms with Gasteiger partial charge < -0.3 is 19.7 Å². The first kappa shape index (κ1) is 17.0. The molecule has 0 radical (unpaired) electrons. The van der Waals surface area contributed by atoms with Crippen molar-refractivity contribution < 1.29 is 14.3 Å². The third kappa shape index (κ3) is 4.00. The average molecular weight is 324 g/mol.